The first kappa shape index (κ1) is 10.1. The number of hydrogen-bond donors (Lipinski definition) is 1. The van der Waals surface area contributed by atoms with E-state index in [1.54, 1.807) is 0 Å². The molecule has 1 fully saturated rings. The van der Waals surface area contributed by atoms with Crippen LogP contribution in [-0.2, 0) is 14.9 Å². The molecule has 80 valence electrons. The van der Waals surface area contributed by atoms with Crippen molar-refractivity contribution in [3.05, 3.63) is 35.6 Å². The van der Waals surface area contributed by atoms with Crippen LogP contribution in [-0.4, -0.2) is 24.3 Å². The number of rotatable bonds is 2. The summed E-state index contributed by atoms with van der Waals surface area (Å²) in [5.74, 6) is -1.27. The Kier molecular flexibility index (Phi) is 2.44. The second kappa shape index (κ2) is 3.62. The summed E-state index contributed by atoms with van der Waals surface area (Å²) in [6.07, 6.45) is 0.438. The molecule has 0 aliphatic carbocycles. The highest BCUT2D eigenvalue weighted by Gasteiger charge is 2.44. The van der Waals surface area contributed by atoms with Gasteiger partial charge in [0.05, 0.1) is 6.61 Å². The SMILES string of the molecule is O=C(O)C1(c2ccc(F)cc2)CCOC1. The van der Waals surface area contributed by atoms with E-state index in [9.17, 15) is 14.3 Å². The highest BCUT2D eigenvalue weighted by atomic mass is 19.1. The van der Waals surface area contributed by atoms with Crippen LogP contribution >= 0.6 is 0 Å². The molecule has 1 N–H and O–H groups in total. The number of aliphatic carboxylic acids is 1. The van der Waals surface area contributed by atoms with E-state index in [4.69, 9.17) is 4.74 Å². The van der Waals surface area contributed by atoms with Gasteiger partial charge in [-0.25, -0.2) is 4.39 Å². The molecular formula is C11H11FO3. The highest BCUT2D eigenvalue weighted by Crippen LogP contribution is 2.33. The van der Waals surface area contributed by atoms with Gasteiger partial charge in [-0.1, -0.05) is 12.1 Å². The van der Waals surface area contributed by atoms with Crippen molar-refractivity contribution < 1.29 is 19.0 Å². The molecule has 1 heterocycles. The summed E-state index contributed by atoms with van der Waals surface area (Å²) in [6.45, 7) is 0.595. The molecule has 3 nitrogen and oxygen atoms in total. The Balaban J connectivity index is 2.41. The van der Waals surface area contributed by atoms with Crippen LogP contribution in [0.2, 0.25) is 0 Å². The van der Waals surface area contributed by atoms with Crippen molar-refractivity contribution in [1.29, 1.82) is 0 Å². The van der Waals surface area contributed by atoms with Crippen molar-refractivity contribution in [2.75, 3.05) is 13.2 Å². The van der Waals surface area contributed by atoms with Crippen molar-refractivity contribution in [3.8, 4) is 0 Å². The lowest BCUT2D eigenvalue weighted by Gasteiger charge is -2.22. The molecule has 0 aromatic heterocycles. The summed E-state index contributed by atoms with van der Waals surface area (Å²) in [4.78, 5) is 11.2. The smallest absolute Gasteiger partial charge is 0.316 e. The minimum atomic E-state index is -0.992. The van der Waals surface area contributed by atoms with Gasteiger partial charge in [0.2, 0.25) is 0 Å². The van der Waals surface area contributed by atoms with Crippen LogP contribution in [0.3, 0.4) is 0 Å². The molecule has 0 amide bonds. The van der Waals surface area contributed by atoms with Gasteiger partial charge in [0.15, 0.2) is 0 Å². The minimum absolute atomic E-state index is 0.161. The maximum absolute atomic E-state index is 12.7. The van der Waals surface area contributed by atoms with Crippen molar-refractivity contribution in [2.45, 2.75) is 11.8 Å². The van der Waals surface area contributed by atoms with Gasteiger partial charge in [-0.15, -0.1) is 0 Å². The number of carboxylic acid groups (broad SMARTS) is 1. The molecule has 0 saturated carbocycles. The third kappa shape index (κ3) is 1.61. The molecule has 1 saturated heterocycles. The Morgan fingerprint density at radius 3 is 2.53 bits per heavy atom. The summed E-state index contributed by atoms with van der Waals surface area (Å²) >= 11 is 0. The molecule has 1 aliphatic heterocycles. The van der Waals surface area contributed by atoms with E-state index >= 15 is 0 Å². The van der Waals surface area contributed by atoms with Crippen LogP contribution in [0.4, 0.5) is 4.39 Å². The second-order valence-electron chi connectivity index (χ2n) is 3.70. The number of carboxylic acids is 1. The predicted octanol–water partition coefficient (Wildman–Crippen LogP) is 1.57. The number of ether oxygens (including phenoxy) is 1. The Labute approximate surface area is 86.5 Å². The largest absolute Gasteiger partial charge is 0.481 e. The van der Waals surface area contributed by atoms with E-state index in [-0.39, 0.29) is 12.4 Å². The van der Waals surface area contributed by atoms with E-state index in [0.717, 1.165) is 0 Å². The van der Waals surface area contributed by atoms with Gasteiger partial charge in [0.1, 0.15) is 11.2 Å². The minimum Gasteiger partial charge on any atom is -0.481 e. The van der Waals surface area contributed by atoms with Gasteiger partial charge >= 0.3 is 5.97 Å². The van der Waals surface area contributed by atoms with Crippen LogP contribution < -0.4 is 0 Å². The first-order chi connectivity index (χ1) is 7.15. The Morgan fingerprint density at radius 1 is 1.40 bits per heavy atom. The molecule has 15 heavy (non-hydrogen) atoms. The van der Waals surface area contributed by atoms with Crippen molar-refractivity contribution in [1.82, 2.24) is 0 Å². The number of hydrogen-bond acceptors (Lipinski definition) is 2. The van der Waals surface area contributed by atoms with Gasteiger partial charge in [-0.2, -0.15) is 0 Å². The molecule has 1 aliphatic rings. The van der Waals surface area contributed by atoms with E-state index in [1.165, 1.54) is 24.3 Å². The summed E-state index contributed by atoms with van der Waals surface area (Å²) in [5.41, 5.74) is -0.387. The van der Waals surface area contributed by atoms with Crippen LogP contribution in [0.15, 0.2) is 24.3 Å². The van der Waals surface area contributed by atoms with E-state index in [2.05, 4.69) is 0 Å². The van der Waals surface area contributed by atoms with Crippen LogP contribution in [0.1, 0.15) is 12.0 Å². The summed E-state index contributed by atoms with van der Waals surface area (Å²) < 4.78 is 17.9. The van der Waals surface area contributed by atoms with Gasteiger partial charge < -0.3 is 9.84 Å². The van der Waals surface area contributed by atoms with Gasteiger partial charge in [0, 0.05) is 6.61 Å². The molecule has 1 aromatic carbocycles. The van der Waals surface area contributed by atoms with E-state index in [0.29, 0.717) is 18.6 Å². The molecule has 0 radical (unpaired) electrons. The van der Waals surface area contributed by atoms with Gasteiger partial charge in [-0.05, 0) is 24.1 Å². The highest BCUT2D eigenvalue weighted by molar-refractivity contribution is 5.82. The summed E-state index contributed by atoms with van der Waals surface area (Å²) in [5, 5.41) is 9.21. The first-order valence-electron chi connectivity index (χ1n) is 4.72. The lowest BCUT2D eigenvalue weighted by molar-refractivity contribution is -0.143. The number of halogens is 1. The van der Waals surface area contributed by atoms with Crippen LogP contribution in [0, 0.1) is 5.82 Å². The third-order valence-corrected chi connectivity index (χ3v) is 2.83. The topological polar surface area (TPSA) is 46.5 Å². The average molecular weight is 210 g/mol. The summed E-state index contributed by atoms with van der Waals surface area (Å²) in [7, 11) is 0. The van der Waals surface area contributed by atoms with E-state index in [1.807, 2.05) is 0 Å². The molecule has 0 spiro atoms. The van der Waals surface area contributed by atoms with Crippen LogP contribution in [0.5, 0.6) is 0 Å². The third-order valence-electron chi connectivity index (χ3n) is 2.83. The molecule has 0 bridgehead atoms. The molecule has 1 aromatic rings. The first-order valence-corrected chi connectivity index (χ1v) is 4.72. The Bertz CT molecular complexity index is 366. The maximum Gasteiger partial charge on any atom is 0.316 e. The number of benzene rings is 1. The Morgan fingerprint density at radius 2 is 2.07 bits per heavy atom. The molecule has 1 atom stereocenters. The van der Waals surface area contributed by atoms with Gasteiger partial charge in [-0.3, -0.25) is 4.79 Å². The quantitative estimate of drug-likeness (QED) is 0.805. The zero-order chi connectivity index (χ0) is 10.9. The zero-order valence-corrected chi connectivity index (χ0v) is 8.07. The standard InChI is InChI=1S/C11H11FO3/c12-9-3-1-8(2-4-9)11(10(13)14)5-6-15-7-11/h1-4H,5-7H2,(H,13,14). The molecule has 4 heteroatoms. The number of carbonyl (C=O) groups is 1. The van der Waals surface area contributed by atoms with Gasteiger partial charge in [0.25, 0.3) is 0 Å². The van der Waals surface area contributed by atoms with E-state index < -0.39 is 11.4 Å². The monoisotopic (exact) mass is 210 g/mol. The molecular weight excluding hydrogens is 199 g/mol. The Hall–Kier alpha value is -1.42. The average Bonchev–Trinajstić information content (AvgIpc) is 2.69. The van der Waals surface area contributed by atoms with Crippen LogP contribution in [0.25, 0.3) is 0 Å². The predicted molar refractivity (Wildman–Crippen MR) is 51.1 cm³/mol. The lowest BCUT2D eigenvalue weighted by Crippen LogP contribution is -2.36. The molecule has 1 unspecified atom stereocenters. The lowest BCUT2D eigenvalue weighted by atomic mass is 9.80. The fourth-order valence-electron chi connectivity index (χ4n) is 1.85. The fourth-order valence-corrected chi connectivity index (χ4v) is 1.85. The fraction of sp³-hybridized carbons (Fsp3) is 0.364. The second-order valence-corrected chi connectivity index (χ2v) is 3.70. The van der Waals surface area contributed by atoms with Crippen molar-refractivity contribution in [3.63, 3.8) is 0 Å². The van der Waals surface area contributed by atoms with Crippen molar-refractivity contribution in [2.24, 2.45) is 0 Å². The normalized spacial score (nSPS) is 25.4. The zero-order valence-electron chi connectivity index (χ0n) is 8.07. The summed E-state index contributed by atoms with van der Waals surface area (Å²) in [6, 6.07) is 5.58. The van der Waals surface area contributed by atoms with Crippen molar-refractivity contribution >= 4 is 5.97 Å². The maximum atomic E-state index is 12.7. The molecule has 2 rings (SSSR count).